The predicted octanol–water partition coefficient (Wildman–Crippen LogP) is 2.26. The van der Waals surface area contributed by atoms with Crippen LogP contribution in [0.15, 0.2) is 18.2 Å². The first-order valence-electron chi connectivity index (χ1n) is 9.12. The fraction of sp³-hybridized carbons (Fsp3) is 0.579. The molecule has 0 bridgehead atoms. The molecule has 28 heavy (non-hydrogen) atoms. The molecule has 0 aliphatic carbocycles. The lowest BCUT2D eigenvalue weighted by atomic mass is 10.1. The summed E-state index contributed by atoms with van der Waals surface area (Å²) in [5, 5.41) is 12.5. The van der Waals surface area contributed by atoms with Crippen LogP contribution in [0.25, 0.3) is 0 Å². The summed E-state index contributed by atoms with van der Waals surface area (Å²) in [4.78, 5) is 27.2. The van der Waals surface area contributed by atoms with Gasteiger partial charge in [-0.2, -0.15) is 0 Å². The fourth-order valence-corrected chi connectivity index (χ4v) is 3.61. The number of benzene rings is 1. The van der Waals surface area contributed by atoms with Crippen LogP contribution in [0.5, 0.6) is 5.75 Å². The van der Waals surface area contributed by atoms with Crippen LogP contribution in [-0.4, -0.2) is 73.2 Å². The Bertz CT molecular complexity index is 660. The number of hydrogen-bond donors (Lipinski definition) is 2. The number of nitrogens with one attached hydrogen (secondary N) is 1. The van der Waals surface area contributed by atoms with Gasteiger partial charge in [-0.25, -0.2) is 0 Å². The van der Waals surface area contributed by atoms with E-state index in [0.717, 1.165) is 37.9 Å². The number of methoxy groups -OCH3 is 1. The summed E-state index contributed by atoms with van der Waals surface area (Å²) in [6.45, 7) is 2.36. The molecule has 2 rings (SSSR count). The zero-order chi connectivity index (χ0) is 19.8. The molecule has 1 aromatic rings. The van der Waals surface area contributed by atoms with Crippen LogP contribution in [-0.2, 0) is 16.1 Å². The molecule has 9 heteroatoms. The summed E-state index contributed by atoms with van der Waals surface area (Å²) in [6.07, 6.45) is 2.75. The molecule has 0 saturated carbocycles. The Hall–Kier alpha value is -1.54. The van der Waals surface area contributed by atoms with Gasteiger partial charge in [0, 0.05) is 29.7 Å². The summed E-state index contributed by atoms with van der Waals surface area (Å²) in [5.41, 5.74) is 0.838. The first kappa shape index (κ1) is 24.5. The summed E-state index contributed by atoms with van der Waals surface area (Å²) in [7, 11) is 3.43. The number of hydrogen-bond acceptors (Lipinski definition) is 5. The lowest BCUT2D eigenvalue weighted by molar-refractivity contribution is -0.138. The third-order valence-electron chi connectivity index (χ3n) is 4.88. The highest BCUT2D eigenvalue weighted by Crippen LogP contribution is 2.22. The standard InChI is InChI=1S/C19H28ClN3O4.ClH/c1-22(13-19(25)26)16-4-3-8-23(9-7-16)12-18(24)21-11-14-10-15(20)5-6-17(14)27-2;/h5-6,10,16H,3-4,7-9,11-13H2,1-2H3,(H,21,24)(H,25,26);1H. The number of nitrogens with zero attached hydrogens (tertiary/aromatic N) is 2. The molecule has 1 heterocycles. The SMILES string of the molecule is COc1ccc(Cl)cc1CNC(=O)CN1CCCC(N(C)CC(=O)O)CC1.Cl. The van der Waals surface area contributed by atoms with E-state index >= 15 is 0 Å². The molecule has 1 aliphatic heterocycles. The minimum Gasteiger partial charge on any atom is -0.496 e. The van der Waals surface area contributed by atoms with Gasteiger partial charge in [-0.3, -0.25) is 19.4 Å². The molecular weight excluding hydrogens is 405 g/mol. The zero-order valence-corrected chi connectivity index (χ0v) is 17.9. The number of amides is 1. The highest BCUT2D eigenvalue weighted by atomic mass is 35.5. The van der Waals surface area contributed by atoms with Gasteiger partial charge >= 0.3 is 5.97 Å². The van der Waals surface area contributed by atoms with E-state index < -0.39 is 5.97 Å². The number of ether oxygens (including phenoxy) is 1. The smallest absolute Gasteiger partial charge is 0.317 e. The van der Waals surface area contributed by atoms with E-state index in [-0.39, 0.29) is 30.9 Å². The summed E-state index contributed by atoms with van der Waals surface area (Å²) >= 11 is 6.02. The minimum absolute atomic E-state index is 0. The van der Waals surface area contributed by atoms with E-state index in [1.54, 1.807) is 25.3 Å². The molecule has 0 radical (unpaired) electrons. The van der Waals surface area contributed by atoms with Crippen LogP contribution in [0.4, 0.5) is 0 Å². The number of carboxylic acid groups (broad SMARTS) is 1. The Kier molecular flexibility index (Phi) is 10.6. The molecule has 1 aliphatic rings. The second-order valence-electron chi connectivity index (χ2n) is 6.90. The number of likely N-dealkylation sites (N-methyl/N-ethyl adjacent to an activating group) is 1. The van der Waals surface area contributed by atoms with Gasteiger partial charge in [-0.05, 0) is 51.1 Å². The number of rotatable bonds is 8. The quantitative estimate of drug-likeness (QED) is 0.654. The van der Waals surface area contributed by atoms with Crippen molar-refractivity contribution in [2.45, 2.75) is 31.8 Å². The maximum atomic E-state index is 12.3. The van der Waals surface area contributed by atoms with Crippen molar-refractivity contribution in [3.63, 3.8) is 0 Å². The average Bonchev–Trinajstić information content (AvgIpc) is 2.85. The maximum Gasteiger partial charge on any atom is 0.317 e. The van der Waals surface area contributed by atoms with Crippen molar-refractivity contribution >= 4 is 35.9 Å². The number of carboxylic acids is 1. The zero-order valence-electron chi connectivity index (χ0n) is 16.3. The van der Waals surface area contributed by atoms with E-state index in [1.807, 2.05) is 11.9 Å². The molecule has 1 saturated heterocycles. The topological polar surface area (TPSA) is 82.1 Å². The predicted molar refractivity (Wildman–Crippen MR) is 111 cm³/mol. The Labute approximate surface area is 177 Å². The Morgan fingerprint density at radius 2 is 2.11 bits per heavy atom. The van der Waals surface area contributed by atoms with E-state index in [4.69, 9.17) is 21.4 Å². The number of carbonyl (C=O) groups excluding carboxylic acids is 1. The van der Waals surface area contributed by atoms with Crippen molar-refractivity contribution in [3.8, 4) is 5.75 Å². The van der Waals surface area contributed by atoms with Crippen LogP contribution in [0.2, 0.25) is 5.02 Å². The van der Waals surface area contributed by atoms with Crippen molar-refractivity contribution < 1.29 is 19.4 Å². The average molecular weight is 434 g/mol. The number of aliphatic carboxylic acids is 1. The van der Waals surface area contributed by atoms with E-state index in [9.17, 15) is 9.59 Å². The van der Waals surface area contributed by atoms with Gasteiger partial charge in [0.1, 0.15) is 5.75 Å². The molecule has 2 N–H and O–H groups in total. The van der Waals surface area contributed by atoms with Gasteiger partial charge in [0.25, 0.3) is 0 Å². The van der Waals surface area contributed by atoms with Gasteiger partial charge in [-0.15, -0.1) is 12.4 Å². The van der Waals surface area contributed by atoms with Gasteiger partial charge in [0.2, 0.25) is 5.91 Å². The lowest BCUT2D eigenvalue weighted by Crippen LogP contribution is -2.39. The van der Waals surface area contributed by atoms with Crippen LogP contribution in [0.3, 0.4) is 0 Å². The largest absolute Gasteiger partial charge is 0.496 e. The van der Waals surface area contributed by atoms with Crippen molar-refractivity contribution in [2.75, 3.05) is 40.3 Å². The molecule has 0 aromatic heterocycles. The van der Waals surface area contributed by atoms with Crippen LogP contribution in [0.1, 0.15) is 24.8 Å². The monoisotopic (exact) mass is 433 g/mol. The molecule has 1 amide bonds. The number of likely N-dealkylation sites (tertiary alicyclic amines) is 1. The maximum absolute atomic E-state index is 12.3. The fourth-order valence-electron chi connectivity index (χ4n) is 3.42. The molecule has 158 valence electrons. The molecule has 1 fully saturated rings. The van der Waals surface area contributed by atoms with Crippen LogP contribution >= 0.6 is 24.0 Å². The Balaban J connectivity index is 0.00000392. The lowest BCUT2D eigenvalue weighted by Gasteiger charge is -2.25. The van der Waals surface area contributed by atoms with Crippen molar-refractivity contribution in [1.29, 1.82) is 0 Å². The highest BCUT2D eigenvalue weighted by Gasteiger charge is 2.22. The number of carbonyl (C=O) groups is 2. The van der Waals surface area contributed by atoms with Gasteiger partial charge < -0.3 is 15.2 Å². The van der Waals surface area contributed by atoms with E-state index in [0.29, 0.717) is 23.9 Å². The van der Waals surface area contributed by atoms with Gasteiger partial charge in [0.05, 0.1) is 20.2 Å². The third-order valence-corrected chi connectivity index (χ3v) is 5.12. The van der Waals surface area contributed by atoms with Crippen LogP contribution < -0.4 is 10.1 Å². The molecule has 0 spiro atoms. The summed E-state index contributed by atoms with van der Waals surface area (Å²) in [5.74, 6) is -0.164. The highest BCUT2D eigenvalue weighted by molar-refractivity contribution is 6.30. The van der Waals surface area contributed by atoms with E-state index in [1.165, 1.54) is 0 Å². The Morgan fingerprint density at radius 1 is 1.36 bits per heavy atom. The minimum atomic E-state index is -0.811. The normalized spacial score (nSPS) is 17.5. The summed E-state index contributed by atoms with van der Waals surface area (Å²) in [6, 6.07) is 5.56. The Morgan fingerprint density at radius 3 is 2.79 bits per heavy atom. The first-order chi connectivity index (χ1) is 12.9. The molecule has 7 nitrogen and oxygen atoms in total. The second-order valence-corrected chi connectivity index (χ2v) is 7.34. The van der Waals surface area contributed by atoms with Crippen molar-refractivity contribution in [1.82, 2.24) is 15.1 Å². The van der Waals surface area contributed by atoms with Crippen molar-refractivity contribution in [3.05, 3.63) is 28.8 Å². The molecular formula is C19H29Cl2N3O4. The summed E-state index contributed by atoms with van der Waals surface area (Å²) < 4.78 is 5.29. The van der Waals surface area contributed by atoms with Crippen molar-refractivity contribution in [2.24, 2.45) is 0 Å². The second kappa shape index (κ2) is 12.1. The molecule has 1 atom stereocenters. The molecule has 1 unspecified atom stereocenters. The molecule has 1 aromatic carbocycles. The third kappa shape index (κ3) is 7.83. The van der Waals surface area contributed by atoms with Gasteiger partial charge in [-0.1, -0.05) is 11.6 Å². The van der Waals surface area contributed by atoms with Gasteiger partial charge in [0.15, 0.2) is 0 Å². The van der Waals surface area contributed by atoms with E-state index in [2.05, 4.69) is 10.2 Å². The first-order valence-corrected chi connectivity index (χ1v) is 9.50. The van der Waals surface area contributed by atoms with Crippen LogP contribution in [0, 0.1) is 0 Å². The number of halogens is 2.